The predicted molar refractivity (Wildman–Crippen MR) is 104 cm³/mol. The number of hydrogen-bond acceptors (Lipinski definition) is 5. The van der Waals surface area contributed by atoms with E-state index in [1.807, 2.05) is 4.90 Å². The van der Waals surface area contributed by atoms with Crippen LogP contribution in [-0.2, 0) is 4.79 Å². The van der Waals surface area contributed by atoms with Gasteiger partial charge in [-0.1, -0.05) is 0 Å². The molecule has 2 aliphatic heterocycles. The lowest BCUT2D eigenvalue weighted by Gasteiger charge is -2.40. The molecule has 0 unspecified atom stereocenters. The number of amides is 1. The molecule has 2 N–H and O–H groups in total. The van der Waals surface area contributed by atoms with E-state index < -0.39 is 6.61 Å². The zero-order valence-electron chi connectivity index (χ0n) is 16.7. The number of rotatable bonds is 4. The van der Waals surface area contributed by atoms with Gasteiger partial charge in [0.2, 0.25) is 0 Å². The van der Waals surface area contributed by atoms with E-state index in [1.54, 1.807) is 0 Å². The molecular formula is C21H28F2N2O5. The molecule has 7 nitrogen and oxygen atoms in total. The first-order chi connectivity index (χ1) is 14.4. The molecule has 166 valence electrons. The van der Waals surface area contributed by atoms with Crippen LogP contribution in [0.1, 0.15) is 36.0 Å². The molecule has 1 amide bonds. The van der Waals surface area contributed by atoms with Crippen molar-refractivity contribution in [1.82, 2.24) is 9.80 Å². The molecule has 1 aromatic carbocycles. The molecule has 1 aromatic rings. The maximum absolute atomic E-state index is 12.8. The Hall–Kier alpha value is -2.26. The maximum Gasteiger partial charge on any atom is 0.387 e. The number of nitrogens with zero attached hydrogens (tertiary/aromatic N) is 2. The third kappa shape index (κ3) is 5.26. The summed E-state index contributed by atoms with van der Waals surface area (Å²) < 4.78 is 28.8. The van der Waals surface area contributed by atoms with Crippen LogP contribution in [0, 0.1) is 11.8 Å². The summed E-state index contributed by atoms with van der Waals surface area (Å²) in [6.45, 7) is 0.366. The number of carbonyl (C=O) groups is 2. The number of benzene rings is 1. The fraction of sp³-hybridized carbons (Fsp3) is 0.619. The number of alkyl halides is 2. The fourth-order valence-corrected chi connectivity index (χ4v) is 5.00. The third-order valence-electron chi connectivity index (χ3n) is 6.33. The summed E-state index contributed by atoms with van der Waals surface area (Å²) in [5.41, 5.74) is 0.479. The first-order valence-electron chi connectivity index (χ1n) is 10.3. The highest BCUT2D eigenvalue weighted by atomic mass is 19.3. The van der Waals surface area contributed by atoms with Crippen molar-refractivity contribution in [3.8, 4) is 5.75 Å². The Balaban J connectivity index is 0.000000806. The second-order valence-corrected chi connectivity index (χ2v) is 8.09. The van der Waals surface area contributed by atoms with Gasteiger partial charge in [-0.05, 0) is 74.9 Å². The Morgan fingerprint density at radius 2 is 1.67 bits per heavy atom. The average molecular weight is 426 g/mol. The van der Waals surface area contributed by atoms with Gasteiger partial charge in [-0.3, -0.25) is 14.5 Å². The van der Waals surface area contributed by atoms with E-state index in [4.69, 9.17) is 9.90 Å². The Morgan fingerprint density at radius 3 is 2.23 bits per heavy atom. The molecular weight excluding hydrogens is 398 g/mol. The van der Waals surface area contributed by atoms with Gasteiger partial charge in [0.05, 0.1) is 6.10 Å². The highest BCUT2D eigenvalue weighted by Crippen LogP contribution is 2.39. The monoisotopic (exact) mass is 426 g/mol. The lowest BCUT2D eigenvalue weighted by Crippen LogP contribution is -2.48. The molecule has 2 saturated heterocycles. The van der Waals surface area contributed by atoms with Crippen molar-refractivity contribution in [3.05, 3.63) is 29.8 Å². The number of aliphatic hydroxyl groups excluding tert-OH is 1. The molecule has 0 bridgehead atoms. The van der Waals surface area contributed by atoms with Gasteiger partial charge < -0.3 is 19.8 Å². The van der Waals surface area contributed by atoms with Gasteiger partial charge in [-0.15, -0.1) is 0 Å². The van der Waals surface area contributed by atoms with E-state index in [-0.39, 0.29) is 30.3 Å². The van der Waals surface area contributed by atoms with Crippen LogP contribution in [-0.4, -0.2) is 77.3 Å². The Bertz CT molecular complexity index is 712. The van der Waals surface area contributed by atoms with Crippen LogP contribution in [0.25, 0.3) is 0 Å². The van der Waals surface area contributed by atoms with E-state index >= 15 is 0 Å². The minimum Gasteiger partial charge on any atom is -0.483 e. The number of likely N-dealkylation sites (tertiary alicyclic amines) is 2. The van der Waals surface area contributed by atoms with Crippen molar-refractivity contribution in [1.29, 1.82) is 0 Å². The number of carboxylic acid groups (broad SMARTS) is 1. The van der Waals surface area contributed by atoms with E-state index in [1.165, 1.54) is 37.1 Å². The van der Waals surface area contributed by atoms with Crippen LogP contribution in [0.4, 0.5) is 8.78 Å². The van der Waals surface area contributed by atoms with Crippen molar-refractivity contribution < 1.29 is 33.3 Å². The predicted octanol–water partition coefficient (Wildman–Crippen LogP) is 2.30. The molecule has 1 aliphatic carbocycles. The largest absolute Gasteiger partial charge is 0.483 e. The molecule has 0 spiro atoms. The third-order valence-corrected chi connectivity index (χ3v) is 6.33. The smallest absolute Gasteiger partial charge is 0.387 e. The van der Waals surface area contributed by atoms with Crippen LogP contribution >= 0.6 is 0 Å². The average Bonchev–Trinajstić information content (AvgIpc) is 3.37. The maximum atomic E-state index is 12.8. The molecule has 3 aliphatic rings. The lowest BCUT2D eigenvalue weighted by atomic mass is 9.77. The van der Waals surface area contributed by atoms with Gasteiger partial charge in [-0.25, -0.2) is 0 Å². The Morgan fingerprint density at radius 1 is 1.10 bits per heavy atom. The van der Waals surface area contributed by atoms with Gasteiger partial charge in [0.1, 0.15) is 5.75 Å². The minimum atomic E-state index is -2.87. The van der Waals surface area contributed by atoms with Crippen molar-refractivity contribution in [2.75, 3.05) is 26.2 Å². The molecule has 4 atom stereocenters. The molecule has 30 heavy (non-hydrogen) atoms. The van der Waals surface area contributed by atoms with Crippen molar-refractivity contribution in [3.63, 3.8) is 0 Å². The van der Waals surface area contributed by atoms with Gasteiger partial charge in [0.15, 0.2) is 0 Å². The van der Waals surface area contributed by atoms with Crippen molar-refractivity contribution >= 4 is 12.4 Å². The lowest BCUT2D eigenvalue weighted by molar-refractivity contribution is -0.122. The molecule has 0 radical (unpaired) electrons. The molecule has 3 fully saturated rings. The van der Waals surface area contributed by atoms with Crippen LogP contribution in [0.3, 0.4) is 0 Å². The first kappa shape index (κ1) is 22.4. The second kappa shape index (κ2) is 10.2. The number of aliphatic hydroxyl groups is 1. The van der Waals surface area contributed by atoms with Gasteiger partial charge >= 0.3 is 6.61 Å². The second-order valence-electron chi connectivity index (χ2n) is 8.09. The number of halogens is 2. The summed E-state index contributed by atoms with van der Waals surface area (Å²) in [6.07, 6.45) is 3.78. The van der Waals surface area contributed by atoms with Gasteiger partial charge in [-0.2, -0.15) is 8.78 Å². The topological polar surface area (TPSA) is 90.3 Å². The van der Waals surface area contributed by atoms with E-state index in [0.29, 0.717) is 30.5 Å². The number of fused-ring (bicyclic) bond motifs is 1. The van der Waals surface area contributed by atoms with Crippen LogP contribution < -0.4 is 4.74 Å². The minimum absolute atomic E-state index is 0.0493. The standard InChI is InChI=1S/C20H26F2N2O3.CH2O2/c21-20(22)27-16-5-3-13(4-6-16)19(26)24-11-14-9-17(23-7-1-2-8-23)18(25)10-15(14)12-24;2-1-3/h3-6,14-15,17-18,20,25H,1-2,7-12H2;1H,(H,2,3)/t14-,15+,17-,18-;/m1./s1. The van der Waals surface area contributed by atoms with E-state index in [2.05, 4.69) is 9.64 Å². The first-order valence-corrected chi connectivity index (χ1v) is 10.3. The normalized spacial score (nSPS) is 28.6. The molecule has 0 aromatic heterocycles. The quantitative estimate of drug-likeness (QED) is 0.718. The summed E-state index contributed by atoms with van der Waals surface area (Å²) in [4.78, 5) is 25.4. The Kier molecular flexibility index (Phi) is 7.60. The van der Waals surface area contributed by atoms with Gasteiger partial charge in [0.25, 0.3) is 12.4 Å². The molecule has 9 heteroatoms. The van der Waals surface area contributed by atoms with Crippen LogP contribution in [0.5, 0.6) is 5.75 Å². The van der Waals surface area contributed by atoms with E-state index in [9.17, 15) is 18.7 Å². The number of ether oxygens (including phenoxy) is 1. The fourth-order valence-electron chi connectivity index (χ4n) is 5.00. The number of hydrogen-bond donors (Lipinski definition) is 2. The summed E-state index contributed by atoms with van der Waals surface area (Å²) in [5, 5.41) is 17.5. The summed E-state index contributed by atoms with van der Waals surface area (Å²) in [7, 11) is 0. The number of carbonyl (C=O) groups excluding carboxylic acids is 1. The molecule has 1 saturated carbocycles. The van der Waals surface area contributed by atoms with Crippen LogP contribution in [0.2, 0.25) is 0 Å². The van der Waals surface area contributed by atoms with E-state index in [0.717, 1.165) is 25.9 Å². The summed E-state index contributed by atoms with van der Waals surface area (Å²) >= 11 is 0. The Labute approximate surface area is 174 Å². The van der Waals surface area contributed by atoms with Gasteiger partial charge in [0, 0.05) is 24.7 Å². The zero-order chi connectivity index (χ0) is 21.7. The SMILES string of the molecule is O=C(c1ccc(OC(F)F)cc1)N1C[C@H]2C[C@@H](N3CCCC3)[C@H](O)C[C@H]2C1.O=CO. The van der Waals surface area contributed by atoms with Crippen LogP contribution in [0.15, 0.2) is 24.3 Å². The van der Waals surface area contributed by atoms with Crippen molar-refractivity contribution in [2.45, 2.75) is 44.4 Å². The highest BCUT2D eigenvalue weighted by molar-refractivity contribution is 5.94. The summed E-state index contributed by atoms with van der Waals surface area (Å²) in [5.74, 6) is 0.724. The summed E-state index contributed by atoms with van der Waals surface area (Å²) in [6, 6.07) is 6.08. The van der Waals surface area contributed by atoms with Crippen molar-refractivity contribution in [2.24, 2.45) is 11.8 Å². The molecule has 2 heterocycles. The zero-order valence-corrected chi connectivity index (χ0v) is 16.7. The highest BCUT2D eigenvalue weighted by Gasteiger charge is 2.44. The molecule has 4 rings (SSSR count).